The van der Waals surface area contributed by atoms with Crippen molar-refractivity contribution in [2.45, 2.75) is 46.1 Å². The normalized spacial score (nSPS) is 42.7. The van der Waals surface area contributed by atoms with Crippen LogP contribution in [-0.2, 0) is 9.59 Å². The van der Waals surface area contributed by atoms with Gasteiger partial charge in [0, 0.05) is 5.92 Å². The van der Waals surface area contributed by atoms with Crippen LogP contribution in [0, 0.1) is 22.7 Å². The lowest BCUT2D eigenvalue weighted by molar-refractivity contribution is -0.134. The lowest BCUT2D eigenvalue weighted by Gasteiger charge is -2.56. The molecule has 0 radical (unpaired) electrons. The quantitative estimate of drug-likeness (QED) is 0.764. The van der Waals surface area contributed by atoms with E-state index >= 15 is 0 Å². The van der Waals surface area contributed by atoms with Crippen LogP contribution in [0.4, 0.5) is 0 Å². The van der Waals surface area contributed by atoms with Crippen molar-refractivity contribution in [2.24, 2.45) is 22.7 Å². The van der Waals surface area contributed by atoms with Crippen molar-refractivity contribution in [3.63, 3.8) is 0 Å². The molecule has 0 aromatic heterocycles. The highest BCUT2D eigenvalue weighted by molar-refractivity contribution is 5.82. The van der Waals surface area contributed by atoms with Gasteiger partial charge in [-0.25, -0.2) is 0 Å². The number of hydrogen-bond acceptors (Lipinski definition) is 3. The van der Waals surface area contributed by atoms with Crippen molar-refractivity contribution in [1.29, 1.82) is 0 Å². The number of aliphatic hydroxyl groups excluding tert-OH is 1. The van der Waals surface area contributed by atoms with E-state index in [1.165, 1.54) is 0 Å². The van der Waals surface area contributed by atoms with E-state index in [2.05, 4.69) is 20.8 Å². The third kappa shape index (κ3) is 1.68. The Hall–Kier alpha value is -0.960. The van der Waals surface area contributed by atoms with Gasteiger partial charge in [0.15, 0.2) is 0 Å². The Labute approximate surface area is 108 Å². The Kier molecular flexibility index (Phi) is 3.22. The molecule has 0 bridgehead atoms. The first-order chi connectivity index (χ1) is 8.37. The molecule has 0 saturated heterocycles. The van der Waals surface area contributed by atoms with Crippen molar-refractivity contribution >= 4 is 12.6 Å². The Morgan fingerprint density at radius 2 is 2.00 bits per heavy atom. The molecule has 2 aliphatic carbocycles. The van der Waals surface area contributed by atoms with Gasteiger partial charge in [-0.1, -0.05) is 26.8 Å². The first kappa shape index (κ1) is 13.5. The molecular formula is C15H22O3. The summed E-state index contributed by atoms with van der Waals surface area (Å²) < 4.78 is 0. The van der Waals surface area contributed by atoms with Crippen LogP contribution in [0.3, 0.4) is 0 Å². The number of rotatable bonds is 2. The van der Waals surface area contributed by atoms with Crippen LogP contribution < -0.4 is 0 Å². The van der Waals surface area contributed by atoms with E-state index in [1.54, 1.807) is 0 Å². The molecule has 2 rings (SSSR count). The summed E-state index contributed by atoms with van der Waals surface area (Å²) in [6.45, 7) is 6.24. The molecule has 1 fully saturated rings. The lowest BCUT2D eigenvalue weighted by Crippen LogP contribution is -2.54. The van der Waals surface area contributed by atoms with Gasteiger partial charge in [-0.2, -0.15) is 0 Å². The van der Waals surface area contributed by atoms with Crippen LogP contribution in [0.1, 0.15) is 40.0 Å². The zero-order valence-corrected chi connectivity index (χ0v) is 11.3. The summed E-state index contributed by atoms with van der Waals surface area (Å²) in [6, 6.07) is 0. The second-order valence-electron chi connectivity index (χ2n) is 6.61. The Morgan fingerprint density at radius 3 is 2.56 bits per heavy atom. The molecule has 3 heteroatoms. The molecule has 0 unspecified atom stereocenters. The van der Waals surface area contributed by atoms with E-state index < -0.39 is 0 Å². The molecular weight excluding hydrogens is 228 g/mol. The molecule has 0 aromatic rings. The van der Waals surface area contributed by atoms with E-state index in [-0.39, 0.29) is 28.8 Å². The average Bonchev–Trinajstić information content (AvgIpc) is 2.33. The predicted molar refractivity (Wildman–Crippen MR) is 68.9 cm³/mol. The van der Waals surface area contributed by atoms with Gasteiger partial charge in [-0.15, -0.1) is 0 Å². The van der Waals surface area contributed by atoms with Gasteiger partial charge >= 0.3 is 0 Å². The zero-order valence-electron chi connectivity index (χ0n) is 11.3. The van der Waals surface area contributed by atoms with Crippen LogP contribution in [0.25, 0.3) is 0 Å². The molecule has 2 aliphatic rings. The summed E-state index contributed by atoms with van der Waals surface area (Å²) in [7, 11) is 0. The Bertz CT molecular complexity index is 397. The first-order valence-corrected chi connectivity index (χ1v) is 6.66. The minimum Gasteiger partial charge on any atom is -0.393 e. The summed E-state index contributed by atoms with van der Waals surface area (Å²) in [6.07, 6.45) is 5.58. The smallest absolute Gasteiger partial charge is 0.146 e. The van der Waals surface area contributed by atoms with Gasteiger partial charge in [0.1, 0.15) is 12.6 Å². The number of aldehydes is 2. The Balaban J connectivity index is 2.47. The molecule has 0 aliphatic heterocycles. The van der Waals surface area contributed by atoms with Crippen LogP contribution in [0.5, 0.6) is 0 Å². The van der Waals surface area contributed by atoms with Crippen molar-refractivity contribution in [3.8, 4) is 0 Å². The van der Waals surface area contributed by atoms with Crippen molar-refractivity contribution in [3.05, 3.63) is 11.6 Å². The number of allylic oxidation sites excluding steroid dienone is 2. The average molecular weight is 250 g/mol. The SMILES string of the molecule is CC1(C)[C@@H](O)CC[C@]2(C)[C@@H](C=O)C(C=O)=CC[C@@H]12. The van der Waals surface area contributed by atoms with Crippen molar-refractivity contribution in [1.82, 2.24) is 0 Å². The summed E-state index contributed by atoms with van der Waals surface area (Å²) in [5.41, 5.74) is 0.213. The molecule has 0 aromatic carbocycles. The largest absolute Gasteiger partial charge is 0.393 e. The van der Waals surface area contributed by atoms with E-state index in [0.717, 1.165) is 25.4 Å². The van der Waals surface area contributed by atoms with Crippen LogP contribution in [-0.4, -0.2) is 23.8 Å². The Morgan fingerprint density at radius 1 is 1.33 bits per heavy atom. The minimum absolute atomic E-state index is 0.199. The third-order valence-corrected chi connectivity index (χ3v) is 5.44. The standard InChI is InChI=1S/C15H22O3/c1-14(2)12-5-4-10(8-16)11(9-17)15(12,3)7-6-13(14)18/h4,8-9,11-13,18H,5-7H2,1-3H3/t11-,12-,13-,15+/m0/s1. The fourth-order valence-corrected chi connectivity index (χ4v) is 4.14. The third-order valence-electron chi connectivity index (χ3n) is 5.44. The molecule has 0 amide bonds. The monoisotopic (exact) mass is 250 g/mol. The van der Waals surface area contributed by atoms with Gasteiger partial charge in [-0.05, 0) is 41.6 Å². The van der Waals surface area contributed by atoms with Gasteiger partial charge in [-0.3, -0.25) is 4.79 Å². The van der Waals surface area contributed by atoms with Gasteiger partial charge < -0.3 is 9.90 Å². The summed E-state index contributed by atoms with van der Waals surface area (Å²) in [5, 5.41) is 10.2. The fourth-order valence-electron chi connectivity index (χ4n) is 4.14. The molecule has 4 atom stereocenters. The second-order valence-corrected chi connectivity index (χ2v) is 6.61. The van der Waals surface area contributed by atoms with Crippen molar-refractivity contribution < 1.29 is 14.7 Å². The van der Waals surface area contributed by atoms with Crippen LogP contribution in [0.15, 0.2) is 11.6 Å². The predicted octanol–water partition coefficient (Wildman–Crippen LogP) is 2.13. The topological polar surface area (TPSA) is 54.4 Å². The molecule has 1 N–H and O–H groups in total. The molecule has 100 valence electrons. The van der Waals surface area contributed by atoms with Crippen LogP contribution in [0.2, 0.25) is 0 Å². The van der Waals surface area contributed by atoms with Gasteiger partial charge in [0.25, 0.3) is 0 Å². The zero-order chi connectivity index (χ0) is 13.6. The highest BCUT2D eigenvalue weighted by Gasteiger charge is 2.55. The minimum atomic E-state index is -0.325. The maximum absolute atomic E-state index is 11.4. The molecule has 18 heavy (non-hydrogen) atoms. The summed E-state index contributed by atoms with van der Waals surface area (Å²) in [5.74, 6) is -0.0758. The van der Waals surface area contributed by atoms with E-state index in [1.807, 2.05) is 6.08 Å². The maximum atomic E-state index is 11.4. The number of carbonyl (C=O) groups is 2. The highest BCUT2D eigenvalue weighted by atomic mass is 16.3. The fraction of sp³-hybridized carbons (Fsp3) is 0.733. The molecule has 0 spiro atoms. The molecule has 1 saturated carbocycles. The molecule has 0 heterocycles. The number of carbonyl (C=O) groups excluding carboxylic acids is 2. The summed E-state index contributed by atoms with van der Waals surface area (Å²) >= 11 is 0. The molecule has 3 nitrogen and oxygen atoms in total. The van der Waals surface area contributed by atoms with E-state index in [0.29, 0.717) is 12.0 Å². The maximum Gasteiger partial charge on any atom is 0.146 e. The van der Waals surface area contributed by atoms with Crippen molar-refractivity contribution in [2.75, 3.05) is 0 Å². The van der Waals surface area contributed by atoms with Crippen LogP contribution >= 0.6 is 0 Å². The highest BCUT2D eigenvalue weighted by Crippen LogP contribution is 2.58. The number of hydrogen-bond donors (Lipinski definition) is 1. The van der Waals surface area contributed by atoms with Gasteiger partial charge in [0.2, 0.25) is 0 Å². The van der Waals surface area contributed by atoms with E-state index in [4.69, 9.17) is 0 Å². The van der Waals surface area contributed by atoms with E-state index in [9.17, 15) is 14.7 Å². The number of fused-ring (bicyclic) bond motifs is 1. The van der Waals surface area contributed by atoms with Gasteiger partial charge in [0.05, 0.1) is 6.10 Å². The number of aliphatic hydroxyl groups is 1. The first-order valence-electron chi connectivity index (χ1n) is 6.66. The summed E-state index contributed by atoms with van der Waals surface area (Å²) in [4.78, 5) is 22.5. The second kappa shape index (κ2) is 4.30. The lowest BCUT2D eigenvalue weighted by atomic mass is 9.48.